The van der Waals surface area contributed by atoms with Crippen molar-refractivity contribution in [2.45, 2.75) is 51.6 Å². The van der Waals surface area contributed by atoms with E-state index in [2.05, 4.69) is 41.3 Å². The zero-order valence-corrected chi connectivity index (χ0v) is 18.8. The number of nitrogens with two attached hydrogens (primary N) is 1. The van der Waals surface area contributed by atoms with Gasteiger partial charge in [-0.05, 0) is 70.8 Å². The van der Waals surface area contributed by atoms with Crippen molar-refractivity contribution in [3.05, 3.63) is 53.4 Å². The Hall–Kier alpha value is -2.86. The Morgan fingerprint density at radius 2 is 2.03 bits per heavy atom. The van der Waals surface area contributed by atoms with Crippen LogP contribution < -0.4 is 20.7 Å². The number of hydrogen-bond acceptors (Lipinski definition) is 6. The molecule has 4 rings (SSSR count). The van der Waals surface area contributed by atoms with Crippen LogP contribution in [0.3, 0.4) is 0 Å². The van der Waals surface area contributed by atoms with Gasteiger partial charge in [0.1, 0.15) is 5.75 Å². The molecule has 0 spiro atoms. The minimum atomic E-state index is 0.337. The molecular formula is C25H33N5O. The van der Waals surface area contributed by atoms with E-state index in [0.29, 0.717) is 18.0 Å². The average Bonchev–Trinajstić information content (AvgIpc) is 2.78. The molecule has 31 heavy (non-hydrogen) atoms. The Morgan fingerprint density at radius 1 is 1.23 bits per heavy atom. The van der Waals surface area contributed by atoms with E-state index in [4.69, 9.17) is 15.5 Å². The normalized spacial score (nSPS) is 20.2. The van der Waals surface area contributed by atoms with Crippen molar-refractivity contribution in [3.63, 3.8) is 0 Å². The molecule has 0 aliphatic carbocycles. The molecule has 1 fully saturated rings. The molecule has 0 radical (unpaired) electrons. The Balaban J connectivity index is 1.74. The lowest BCUT2D eigenvalue weighted by molar-refractivity contribution is 0.449. The summed E-state index contributed by atoms with van der Waals surface area (Å²) >= 11 is 0. The first-order valence-electron chi connectivity index (χ1n) is 11.2. The maximum atomic E-state index is 6.44. The number of aryl methyl sites for hydroxylation is 1. The Labute approximate surface area is 185 Å². The van der Waals surface area contributed by atoms with Crippen LogP contribution in [0.4, 0.5) is 5.69 Å². The van der Waals surface area contributed by atoms with E-state index in [1.54, 1.807) is 6.20 Å². The van der Waals surface area contributed by atoms with E-state index in [-0.39, 0.29) is 0 Å². The molecule has 1 unspecified atom stereocenters. The van der Waals surface area contributed by atoms with Crippen LogP contribution in [0.2, 0.25) is 0 Å². The van der Waals surface area contributed by atoms with Gasteiger partial charge in [-0.3, -0.25) is 4.99 Å². The van der Waals surface area contributed by atoms with E-state index in [9.17, 15) is 0 Å². The number of hydrogen-bond donors (Lipinski definition) is 2. The molecule has 0 bridgehead atoms. The van der Waals surface area contributed by atoms with Crippen LogP contribution in [0.5, 0.6) is 11.6 Å². The predicted octanol–water partition coefficient (Wildman–Crippen LogP) is 4.08. The molecule has 6 heteroatoms. The third kappa shape index (κ3) is 4.74. The van der Waals surface area contributed by atoms with Gasteiger partial charge < -0.3 is 20.7 Å². The largest absolute Gasteiger partial charge is 0.438 e. The third-order valence-corrected chi connectivity index (χ3v) is 6.38. The number of piperidine rings is 1. The van der Waals surface area contributed by atoms with E-state index < -0.39 is 0 Å². The van der Waals surface area contributed by atoms with Crippen molar-refractivity contribution in [3.8, 4) is 11.6 Å². The molecule has 1 aromatic heterocycles. The van der Waals surface area contributed by atoms with Crippen molar-refractivity contribution >= 4 is 17.5 Å². The lowest BCUT2D eigenvalue weighted by Crippen LogP contribution is -2.33. The topological polar surface area (TPSA) is 75.8 Å². The van der Waals surface area contributed by atoms with Crippen molar-refractivity contribution in [2.24, 2.45) is 10.7 Å². The number of nitrogens with zero attached hydrogens (tertiary/aromatic N) is 3. The van der Waals surface area contributed by atoms with Gasteiger partial charge >= 0.3 is 0 Å². The highest BCUT2D eigenvalue weighted by Gasteiger charge is 2.26. The molecule has 0 saturated carbocycles. The quantitative estimate of drug-likeness (QED) is 0.715. The number of ether oxygens (including phenoxy) is 1. The summed E-state index contributed by atoms with van der Waals surface area (Å²) in [6, 6.07) is 11.0. The van der Waals surface area contributed by atoms with Gasteiger partial charge in [0.25, 0.3) is 0 Å². The summed E-state index contributed by atoms with van der Waals surface area (Å²) in [5.74, 6) is 1.44. The summed E-state index contributed by atoms with van der Waals surface area (Å²) in [5.41, 5.74) is 11.3. The van der Waals surface area contributed by atoms with Gasteiger partial charge in [-0.15, -0.1) is 0 Å². The highest BCUT2D eigenvalue weighted by molar-refractivity contribution is 6.11. The molecule has 3 heterocycles. The fourth-order valence-corrected chi connectivity index (χ4v) is 4.34. The minimum absolute atomic E-state index is 0.337. The SMILES string of the molecule is Cc1cccc(Oc2c(C(C=NC3CCNCC3)=CN)ccc3c2CCC(C)N3C)n1. The second-order valence-corrected chi connectivity index (χ2v) is 8.54. The molecule has 6 nitrogen and oxygen atoms in total. The molecule has 1 atom stereocenters. The molecule has 2 aliphatic rings. The Kier molecular flexibility index (Phi) is 6.56. The number of aliphatic imine (C=N–C) groups is 1. The standard InChI is InChI=1S/C25H33N5O/c1-17-5-4-6-24(29-17)31-25-21(9-10-23-22(25)8-7-18(2)30(23)3)19(15-26)16-28-20-11-13-27-14-12-20/h4-6,9-10,15-16,18,20,27H,7-8,11-14,26H2,1-3H3. The smallest absolute Gasteiger partial charge is 0.219 e. The van der Waals surface area contributed by atoms with Gasteiger partial charge in [0.2, 0.25) is 5.88 Å². The van der Waals surface area contributed by atoms with Crippen LogP contribution in [0, 0.1) is 6.92 Å². The van der Waals surface area contributed by atoms with Crippen molar-refractivity contribution in [1.82, 2.24) is 10.3 Å². The van der Waals surface area contributed by atoms with Crippen LogP contribution in [-0.2, 0) is 6.42 Å². The number of allylic oxidation sites excluding steroid dienone is 1. The summed E-state index contributed by atoms with van der Waals surface area (Å²) in [6.45, 7) is 6.26. The summed E-state index contributed by atoms with van der Waals surface area (Å²) in [5, 5.41) is 3.39. The van der Waals surface area contributed by atoms with Gasteiger partial charge in [-0.2, -0.15) is 0 Å². The number of pyridine rings is 1. The summed E-state index contributed by atoms with van der Waals surface area (Å²) in [6.07, 6.45) is 7.70. The number of anilines is 1. The van der Waals surface area contributed by atoms with Crippen LogP contribution in [0.25, 0.3) is 5.57 Å². The Morgan fingerprint density at radius 3 is 2.77 bits per heavy atom. The van der Waals surface area contributed by atoms with E-state index in [1.807, 2.05) is 31.3 Å². The molecule has 1 saturated heterocycles. The second-order valence-electron chi connectivity index (χ2n) is 8.54. The molecule has 0 amide bonds. The first-order valence-corrected chi connectivity index (χ1v) is 11.2. The van der Waals surface area contributed by atoms with Gasteiger partial charge in [0, 0.05) is 59.7 Å². The molecule has 2 aromatic rings. The maximum absolute atomic E-state index is 6.44. The Bertz CT molecular complexity index is 978. The van der Waals surface area contributed by atoms with Gasteiger partial charge in [-0.1, -0.05) is 6.07 Å². The van der Waals surface area contributed by atoms with Crippen LogP contribution in [-0.4, -0.2) is 43.4 Å². The monoisotopic (exact) mass is 419 g/mol. The maximum Gasteiger partial charge on any atom is 0.219 e. The third-order valence-electron chi connectivity index (χ3n) is 6.38. The van der Waals surface area contributed by atoms with Crippen molar-refractivity contribution in [1.29, 1.82) is 0 Å². The van der Waals surface area contributed by atoms with Crippen molar-refractivity contribution in [2.75, 3.05) is 25.0 Å². The fourth-order valence-electron chi connectivity index (χ4n) is 4.34. The summed E-state index contributed by atoms with van der Waals surface area (Å²) in [7, 11) is 2.15. The molecule has 3 N–H and O–H groups in total. The second kappa shape index (κ2) is 9.52. The molecule has 1 aromatic carbocycles. The lowest BCUT2D eigenvalue weighted by Gasteiger charge is -2.35. The number of nitrogens with one attached hydrogen (secondary N) is 1. The number of rotatable bonds is 5. The van der Waals surface area contributed by atoms with Gasteiger partial charge in [-0.25, -0.2) is 4.98 Å². The molecule has 2 aliphatic heterocycles. The average molecular weight is 420 g/mol. The first-order chi connectivity index (χ1) is 15.1. The number of benzene rings is 1. The number of aromatic nitrogens is 1. The van der Waals surface area contributed by atoms with Gasteiger partial charge in [0.05, 0.1) is 6.04 Å². The fraction of sp³-hybridized carbons (Fsp3) is 0.440. The van der Waals surface area contributed by atoms with Crippen LogP contribution >= 0.6 is 0 Å². The zero-order valence-electron chi connectivity index (χ0n) is 18.8. The zero-order chi connectivity index (χ0) is 21.8. The highest BCUT2D eigenvalue weighted by atomic mass is 16.5. The molecular weight excluding hydrogens is 386 g/mol. The minimum Gasteiger partial charge on any atom is -0.438 e. The van der Waals surface area contributed by atoms with Crippen LogP contribution in [0.15, 0.2) is 41.5 Å². The summed E-state index contributed by atoms with van der Waals surface area (Å²) < 4.78 is 6.44. The van der Waals surface area contributed by atoms with E-state index in [0.717, 1.165) is 61.4 Å². The highest BCUT2D eigenvalue weighted by Crippen LogP contribution is 2.42. The number of fused-ring (bicyclic) bond motifs is 1. The van der Waals surface area contributed by atoms with Crippen LogP contribution in [0.1, 0.15) is 43.0 Å². The summed E-state index contributed by atoms with van der Waals surface area (Å²) in [4.78, 5) is 11.7. The van der Waals surface area contributed by atoms with E-state index in [1.165, 1.54) is 11.3 Å². The predicted molar refractivity (Wildman–Crippen MR) is 128 cm³/mol. The lowest BCUT2D eigenvalue weighted by atomic mass is 9.92. The molecule has 164 valence electrons. The van der Waals surface area contributed by atoms with Crippen molar-refractivity contribution < 1.29 is 4.74 Å². The van der Waals surface area contributed by atoms with E-state index >= 15 is 0 Å². The first kappa shape index (κ1) is 21.4. The van der Waals surface area contributed by atoms with Gasteiger partial charge in [0.15, 0.2) is 0 Å².